The second kappa shape index (κ2) is 7.67. The van der Waals surface area contributed by atoms with E-state index >= 15 is 0 Å². The Hall–Kier alpha value is -3.32. The summed E-state index contributed by atoms with van der Waals surface area (Å²) in [5, 5.41) is 13.7. The molecule has 0 spiro atoms. The van der Waals surface area contributed by atoms with Gasteiger partial charge in [-0.15, -0.1) is 0 Å². The number of aromatic amines is 1. The molecule has 7 nitrogen and oxygen atoms in total. The van der Waals surface area contributed by atoms with E-state index < -0.39 is 17.3 Å². The highest BCUT2D eigenvalue weighted by Crippen LogP contribution is 2.49. The van der Waals surface area contributed by atoms with Crippen LogP contribution < -0.4 is 10.1 Å². The molecule has 1 saturated heterocycles. The molecule has 2 aliphatic heterocycles. The Kier molecular flexibility index (Phi) is 4.93. The third-order valence-corrected chi connectivity index (χ3v) is 6.42. The lowest BCUT2D eigenvalue weighted by Crippen LogP contribution is -2.45. The molecule has 5 rings (SSSR count). The number of hydrogen-bond donors (Lipinski definition) is 2. The number of alkyl halides is 3. The minimum absolute atomic E-state index is 0.0905. The summed E-state index contributed by atoms with van der Waals surface area (Å²) in [5.74, 6) is 0.697. The number of H-pyrrole nitrogens is 1. The second-order valence-electron chi connectivity index (χ2n) is 8.12. The van der Waals surface area contributed by atoms with Crippen molar-refractivity contribution >= 4 is 16.9 Å². The predicted molar refractivity (Wildman–Crippen MR) is 109 cm³/mol. The minimum atomic E-state index is -4.53. The summed E-state index contributed by atoms with van der Waals surface area (Å²) in [4.78, 5) is 10.5. The van der Waals surface area contributed by atoms with Gasteiger partial charge in [-0.1, -0.05) is 18.2 Å². The number of fused-ring (bicyclic) bond motifs is 2. The van der Waals surface area contributed by atoms with Crippen molar-refractivity contribution in [3.63, 3.8) is 0 Å². The van der Waals surface area contributed by atoms with Gasteiger partial charge >= 0.3 is 6.18 Å². The number of rotatable bonds is 3. The quantitative estimate of drug-likeness (QED) is 0.621. The Morgan fingerprint density at radius 3 is 2.72 bits per heavy atom. The van der Waals surface area contributed by atoms with Crippen molar-refractivity contribution in [2.75, 3.05) is 25.1 Å². The van der Waals surface area contributed by atoms with Gasteiger partial charge in [-0.05, 0) is 25.0 Å². The molecule has 2 aliphatic rings. The fourth-order valence-corrected chi connectivity index (χ4v) is 4.67. The number of nitriles is 1. The summed E-state index contributed by atoms with van der Waals surface area (Å²) in [7, 11) is 0. The highest BCUT2D eigenvalue weighted by molar-refractivity contribution is 5.88. The van der Waals surface area contributed by atoms with E-state index in [4.69, 9.17) is 9.47 Å². The maximum atomic E-state index is 13.3. The molecule has 2 N–H and O–H groups in total. The van der Waals surface area contributed by atoms with Crippen LogP contribution in [-0.2, 0) is 10.9 Å². The normalized spacial score (nSPS) is 22.6. The first-order chi connectivity index (χ1) is 15.4. The summed E-state index contributed by atoms with van der Waals surface area (Å²) in [6.07, 6.45) is -2.20. The van der Waals surface area contributed by atoms with Gasteiger partial charge in [-0.2, -0.15) is 18.4 Å². The van der Waals surface area contributed by atoms with Crippen LogP contribution in [0.3, 0.4) is 0 Å². The smallest absolute Gasteiger partial charge is 0.431 e. The zero-order valence-corrected chi connectivity index (χ0v) is 16.9. The number of hydrogen-bond acceptors (Lipinski definition) is 6. The molecule has 0 saturated carbocycles. The lowest BCUT2D eigenvalue weighted by atomic mass is 9.66. The number of aromatic nitrogens is 3. The van der Waals surface area contributed by atoms with E-state index in [9.17, 15) is 18.4 Å². The van der Waals surface area contributed by atoms with Crippen molar-refractivity contribution in [2.45, 2.75) is 25.1 Å². The third-order valence-electron chi connectivity index (χ3n) is 6.42. The fraction of sp³-hybridized carbons (Fsp3) is 0.409. The van der Waals surface area contributed by atoms with Crippen LogP contribution in [0.2, 0.25) is 0 Å². The van der Waals surface area contributed by atoms with Crippen LogP contribution in [-0.4, -0.2) is 34.8 Å². The van der Waals surface area contributed by atoms with Gasteiger partial charge in [0.2, 0.25) is 0 Å². The summed E-state index contributed by atoms with van der Waals surface area (Å²) in [5.41, 5.74) is -0.654. The Bertz CT molecular complexity index is 1180. The van der Waals surface area contributed by atoms with Gasteiger partial charge in [-0.3, -0.25) is 0 Å². The maximum Gasteiger partial charge on any atom is 0.431 e. The molecule has 2 unspecified atom stereocenters. The van der Waals surface area contributed by atoms with E-state index in [1.807, 2.05) is 24.3 Å². The zero-order chi connectivity index (χ0) is 22.3. The zero-order valence-electron chi connectivity index (χ0n) is 16.9. The number of ether oxygens (including phenoxy) is 2. The molecule has 3 aromatic rings. The van der Waals surface area contributed by atoms with Crippen LogP contribution in [0.1, 0.15) is 30.1 Å². The van der Waals surface area contributed by atoms with Crippen molar-refractivity contribution in [2.24, 2.45) is 11.3 Å². The van der Waals surface area contributed by atoms with Crippen LogP contribution in [0.5, 0.6) is 5.75 Å². The molecule has 166 valence electrons. The number of nitrogens with zero attached hydrogens (tertiary/aromatic N) is 3. The van der Waals surface area contributed by atoms with Crippen LogP contribution in [0.4, 0.5) is 19.0 Å². The van der Waals surface area contributed by atoms with Crippen molar-refractivity contribution in [3.8, 4) is 11.8 Å². The first-order valence-corrected chi connectivity index (χ1v) is 10.3. The van der Waals surface area contributed by atoms with Crippen molar-refractivity contribution < 1.29 is 22.6 Å². The predicted octanol–water partition coefficient (Wildman–Crippen LogP) is 4.46. The number of benzene rings is 1. The molecule has 0 bridgehead atoms. The van der Waals surface area contributed by atoms with E-state index in [1.165, 1.54) is 6.33 Å². The monoisotopic (exact) mass is 443 g/mol. The molecule has 32 heavy (non-hydrogen) atoms. The number of para-hydroxylation sites is 1. The van der Waals surface area contributed by atoms with Gasteiger partial charge in [-0.25, -0.2) is 9.97 Å². The molecule has 1 fully saturated rings. The number of nitrogens with one attached hydrogen (secondary N) is 2. The number of anilines is 1. The SMILES string of the molecule is N#CC1(C2COc3ccccc3C2Nc2ncnc3[nH]c(C(F)(F)F)cc23)CCOCC1. The molecule has 1 aromatic carbocycles. The largest absolute Gasteiger partial charge is 0.493 e. The second-order valence-corrected chi connectivity index (χ2v) is 8.12. The van der Waals surface area contributed by atoms with Gasteiger partial charge in [0, 0.05) is 24.7 Å². The Morgan fingerprint density at radius 1 is 1.19 bits per heavy atom. The highest BCUT2D eigenvalue weighted by atomic mass is 19.4. The lowest BCUT2D eigenvalue weighted by Gasteiger charge is -2.44. The molecule has 0 radical (unpaired) electrons. The number of halogens is 3. The molecule has 0 amide bonds. The molecule has 10 heteroatoms. The van der Waals surface area contributed by atoms with E-state index in [0.29, 0.717) is 38.4 Å². The summed E-state index contributed by atoms with van der Waals surface area (Å²) < 4.78 is 51.2. The van der Waals surface area contributed by atoms with Gasteiger partial charge < -0.3 is 19.8 Å². The topological polar surface area (TPSA) is 95.9 Å². The summed E-state index contributed by atoms with van der Waals surface area (Å²) in [6, 6.07) is 10.6. The average Bonchev–Trinajstić information content (AvgIpc) is 3.26. The average molecular weight is 443 g/mol. The molecular weight excluding hydrogens is 423 g/mol. The first kappa shape index (κ1) is 20.6. The minimum Gasteiger partial charge on any atom is -0.493 e. The molecular formula is C22H20F3N5O2. The molecule has 2 aromatic heterocycles. The fourth-order valence-electron chi connectivity index (χ4n) is 4.67. The van der Waals surface area contributed by atoms with E-state index in [1.54, 1.807) is 0 Å². The van der Waals surface area contributed by atoms with Gasteiger partial charge in [0.15, 0.2) is 0 Å². The van der Waals surface area contributed by atoms with Crippen LogP contribution in [0.25, 0.3) is 11.0 Å². The van der Waals surface area contributed by atoms with Gasteiger partial charge in [0.25, 0.3) is 0 Å². The lowest BCUT2D eigenvalue weighted by molar-refractivity contribution is -0.140. The molecule has 2 atom stereocenters. The Morgan fingerprint density at radius 2 is 1.97 bits per heavy atom. The van der Waals surface area contributed by atoms with E-state index in [0.717, 1.165) is 11.6 Å². The Balaban J connectivity index is 1.59. The molecule has 0 aliphatic carbocycles. The molecule has 4 heterocycles. The van der Waals surface area contributed by atoms with Crippen molar-refractivity contribution in [3.05, 3.63) is 47.9 Å². The van der Waals surface area contributed by atoms with Crippen LogP contribution in [0, 0.1) is 22.7 Å². The van der Waals surface area contributed by atoms with Crippen molar-refractivity contribution in [1.29, 1.82) is 5.26 Å². The maximum absolute atomic E-state index is 13.3. The first-order valence-electron chi connectivity index (χ1n) is 10.3. The summed E-state index contributed by atoms with van der Waals surface area (Å²) >= 11 is 0. The third kappa shape index (κ3) is 3.42. The van der Waals surface area contributed by atoms with E-state index in [2.05, 4.69) is 26.3 Å². The summed E-state index contributed by atoms with van der Waals surface area (Å²) in [6.45, 7) is 1.25. The van der Waals surface area contributed by atoms with Gasteiger partial charge in [0.05, 0.1) is 29.5 Å². The van der Waals surface area contributed by atoms with Crippen molar-refractivity contribution in [1.82, 2.24) is 15.0 Å². The Labute approximate surface area is 181 Å². The van der Waals surface area contributed by atoms with E-state index in [-0.39, 0.29) is 28.8 Å². The van der Waals surface area contributed by atoms with Crippen LogP contribution in [0.15, 0.2) is 36.7 Å². The van der Waals surface area contributed by atoms with Gasteiger partial charge in [0.1, 0.15) is 29.2 Å². The standard InChI is InChI=1S/C22H20F3N5O2/c23-22(24,25)17-9-14-19(29-17)27-12-28-20(14)30-18-13-3-1-2-4-16(13)32-10-15(18)21(11-26)5-7-31-8-6-21/h1-4,9,12,15,18H,5-8,10H2,(H2,27,28,29,30). The highest BCUT2D eigenvalue weighted by Gasteiger charge is 2.48. The van der Waals surface area contributed by atoms with Crippen LogP contribution >= 0.6 is 0 Å².